The van der Waals surface area contributed by atoms with Crippen molar-refractivity contribution in [3.05, 3.63) is 21.9 Å². The highest BCUT2D eigenvalue weighted by atomic mass is 32.1. The average molecular weight is 210 g/mol. The summed E-state index contributed by atoms with van der Waals surface area (Å²) in [6.45, 7) is 2.66. The van der Waals surface area contributed by atoms with Gasteiger partial charge in [-0.15, -0.1) is 11.3 Å². The lowest BCUT2D eigenvalue weighted by atomic mass is 10.2. The minimum Gasteiger partial charge on any atom is -0.465 e. The summed E-state index contributed by atoms with van der Waals surface area (Å²) in [6, 6.07) is 2.00. The molecular formula is C11H14O2S. The largest absolute Gasteiger partial charge is 0.465 e. The van der Waals surface area contributed by atoms with E-state index in [1.165, 1.54) is 17.7 Å². The molecule has 1 aliphatic carbocycles. The molecule has 76 valence electrons. The van der Waals surface area contributed by atoms with Gasteiger partial charge < -0.3 is 4.74 Å². The first kappa shape index (κ1) is 9.71. The fourth-order valence-corrected chi connectivity index (χ4v) is 2.02. The molecule has 0 saturated heterocycles. The number of ether oxygens (including phenoxy) is 1. The van der Waals surface area contributed by atoms with Crippen molar-refractivity contribution in [3.8, 4) is 0 Å². The zero-order valence-electron chi connectivity index (χ0n) is 8.29. The summed E-state index contributed by atoms with van der Waals surface area (Å²) in [5.74, 6) is 0.570. The van der Waals surface area contributed by atoms with Crippen LogP contribution in [0, 0.1) is 12.8 Å². The molecule has 3 heteroatoms. The summed E-state index contributed by atoms with van der Waals surface area (Å²) in [4.78, 5) is 12.6. The minimum absolute atomic E-state index is 0.0848. The smallest absolute Gasteiger partial charge is 0.310 e. The highest BCUT2D eigenvalue weighted by Crippen LogP contribution is 2.29. The number of rotatable bonds is 4. The van der Waals surface area contributed by atoms with Crippen LogP contribution in [0.15, 0.2) is 11.4 Å². The van der Waals surface area contributed by atoms with Crippen LogP contribution in [-0.2, 0) is 16.0 Å². The Bertz CT molecular complexity index is 326. The number of aryl methyl sites for hydroxylation is 1. The number of esters is 1. The number of hydrogen-bond donors (Lipinski definition) is 0. The number of carbonyl (C=O) groups excluding carboxylic acids is 1. The Labute approximate surface area is 87.9 Å². The maximum absolute atomic E-state index is 11.4. The molecule has 0 aromatic carbocycles. The minimum atomic E-state index is -0.0848. The molecule has 0 unspecified atom stereocenters. The predicted molar refractivity (Wildman–Crippen MR) is 56.4 cm³/mol. The number of hydrogen-bond acceptors (Lipinski definition) is 3. The third-order valence-corrected chi connectivity index (χ3v) is 3.37. The first-order chi connectivity index (χ1) is 6.75. The molecule has 2 rings (SSSR count). The van der Waals surface area contributed by atoms with E-state index in [0.717, 1.165) is 5.56 Å². The van der Waals surface area contributed by atoms with Gasteiger partial charge in [0.1, 0.15) is 0 Å². The number of thiophene rings is 1. The maximum atomic E-state index is 11.4. The second-order valence-corrected chi connectivity index (χ2v) is 4.93. The summed E-state index contributed by atoms with van der Waals surface area (Å²) >= 11 is 1.68. The van der Waals surface area contributed by atoms with E-state index >= 15 is 0 Å². The monoisotopic (exact) mass is 210 g/mol. The van der Waals surface area contributed by atoms with E-state index in [-0.39, 0.29) is 5.97 Å². The Hall–Kier alpha value is -0.830. The Balaban J connectivity index is 1.78. The quantitative estimate of drug-likeness (QED) is 0.714. The van der Waals surface area contributed by atoms with E-state index in [0.29, 0.717) is 18.9 Å². The van der Waals surface area contributed by atoms with Crippen LogP contribution in [-0.4, -0.2) is 12.6 Å². The predicted octanol–water partition coefficient (Wildman–Crippen LogP) is 2.55. The summed E-state index contributed by atoms with van der Waals surface area (Å²) in [5, 5.41) is 2.01. The molecule has 0 amide bonds. The SMILES string of the molecule is Cc1sccc1CC(=O)OCC1CC1. The summed E-state index contributed by atoms with van der Waals surface area (Å²) in [5.41, 5.74) is 1.11. The highest BCUT2D eigenvalue weighted by Gasteiger charge is 2.23. The van der Waals surface area contributed by atoms with Crippen molar-refractivity contribution in [2.24, 2.45) is 5.92 Å². The lowest BCUT2D eigenvalue weighted by Crippen LogP contribution is -2.09. The molecule has 0 aliphatic heterocycles. The maximum Gasteiger partial charge on any atom is 0.310 e. The zero-order valence-corrected chi connectivity index (χ0v) is 9.10. The van der Waals surface area contributed by atoms with Crippen LogP contribution in [0.5, 0.6) is 0 Å². The van der Waals surface area contributed by atoms with Gasteiger partial charge in [0.15, 0.2) is 0 Å². The molecule has 1 heterocycles. The molecule has 1 fully saturated rings. The van der Waals surface area contributed by atoms with E-state index in [4.69, 9.17) is 4.74 Å². The second kappa shape index (κ2) is 4.13. The lowest BCUT2D eigenvalue weighted by molar-refractivity contribution is -0.143. The van der Waals surface area contributed by atoms with E-state index in [9.17, 15) is 4.79 Å². The summed E-state index contributed by atoms with van der Waals surface area (Å²) < 4.78 is 5.16. The van der Waals surface area contributed by atoms with Crippen LogP contribution in [0.3, 0.4) is 0 Å². The van der Waals surface area contributed by atoms with Gasteiger partial charge >= 0.3 is 5.97 Å². The Morgan fingerprint density at radius 3 is 3.00 bits per heavy atom. The van der Waals surface area contributed by atoms with Crippen LogP contribution < -0.4 is 0 Å². The summed E-state index contributed by atoms with van der Waals surface area (Å²) in [7, 11) is 0. The van der Waals surface area contributed by atoms with Crippen molar-refractivity contribution in [1.29, 1.82) is 0 Å². The third-order valence-electron chi connectivity index (χ3n) is 2.48. The van der Waals surface area contributed by atoms with Crippen LogP contribution in [0.2, 0.25) is 0 Å². The topological polar surface area (TPSA) is 26.3 Å². The zero-order chi connectivity index (χ0) is 9.97. The van der Waals surface area contributed by atoms with Crippen LogP contribution in [0.4, 0.5) is 0 Å². The van der Waals surface area contributed by atoms with Crippen LogP contribution in [0.1, 0.15) is 23.3 Å². The molecule has 1 aliphatic rings. The van der Waals surface area contributed by atoms with Gasteiger partial charge in [0.05, 0.1) is 13.0 Å². The van der Waals surface area contributed by atoms with Crippen molar-refractivity contribution in [1.82, 2.24) is 0 Å². The van der Waals surface area contributed by atoms with Gasteiger partial charge in [-0.25, -0.2) is 0 Å². The van der Waals surface area contributed by atoms with Crippen molar-refractivity contribution in [2.45, 2.75) is 26.2 Å². The molecule has 0 radical (unpaired) electrons. The molecule has 1 saturated carbocycles. The Morgan fingerprint density at radius 2 is 2.43 bits per heavy atom. The molecule has 0 bridgehead atoms. The first-order valence-corrected chi connectivity index (χ1v) is 5.82. The second-order valence-electron chi connectivity index (χ2n) is 3.81. The molecule has 0 N–H and O–H groups in total. The highest BCUT2D eigenvalue weighted by molar-refractivity contribution is 7.10. The lowest BCUT2D eigenvalue weighted by Gasteiger charge is -2.02. The van der Waals surface area contributed by atoms with Gasteiger partial charge in [-0.3, -0.25) is 4.79 Å². The first-order valence-electron chi connectivity index (χ1n) is 4.94. The number of carbonyl (C=O) groups is 1. The van der Waals surface area contributed by atoms with Crippen molar-refractivity contribution in [3.63, 3.8) is 0 Å². The third kappa shape index (κ3) is 2.58. The molecule has 14 heavy (non-hydrogen) atoms. The van der Waals surface area contributed by atoms with E-state index in [1.54, 1.807) is 11.3 Å². The van der Waals surface area contributed by atoms with Gasteiger partial charge in [-0.2, -0.15) is 0 Å². The van der Waals surface area contributed by atoms with E-state index < -0.39 is 0 Å². The van der Waals surface area contributed by atoms with Crippen LogP contribution in [0.25, 0.3) is 0 Å². The van der Waals surface area contributed by atoms with Gasteiger partial charge in [0.2, 0.25) is 0 Å². The van der Waals surface area contributed by atoms with E-state index in [2.05, 4.69) is 0 Å². The standard InChI is InChI=1S/C11H14O2S/c1-8-10(4-5-14-8)6-11(12)13-7-9-2-3-9/h4-5,9H,2-3,6-7H2,1H3. The molecule has 0 atom stereocenters. The van der Waals surface area contributed by atoms with E-state index in [1.807, 2.05) is 18.4 Å². The Morgan fingerprint density at radius 1 is 1.64 bits per heavy atom. The molecule has 1 aromatic heterocycles. The van der Waals surface area contributed by atoms with Crippen molar-refractivity contribution < 1.29 is 9.53 Å². The molecule has 1 aromatic rings. The van der Waals surface area contributed by atoms with Crippen molar-refractivity contribution >= 4 is 17.3 Å². The molecule has 2 nitrogen and oxygen atoms in total. The fraction of sp³-hybridized carbons (Fsp3) is 0.545. The fourth-order valence-electron chi connectivity index (χ4n) is 1.30. The molecular weight excluding hydrogens is 196 g/mol. The van der Waals surface area contributed by atoms with Crippen molar-refractivity contribution in [2.75, 3.05) is 6.61 Å². The van der Waals surface area contributed by atoms with Crippen LogP contribution >= 0.6 is 11.3 Å². The van der Waals surface area contributed by atoms with Gasteiger partial charge in [0, 0.05) is 4.88 Å². The average Bonchev–Trinajstić information content (AvgIpc) is 2.90. The van der Waals surface area contributed by atoms with Gasteiger partial charge in [-0.1, -0.05) is 0 Å². The normalized spacial score (nSPS) is 15.5. The Kier molecular flexibility index (Phi) is 2.87. The van der Waals surface area contributed by atoms with Gasteiger partial charge in [-0.05, 0) is 42.7 Å². The van der Waals surface area contributed by atoms with Gasteiger partial charge in [0.25, 0.3) is 0 Å². The molecule has 0 spiro atoms. The summed E-state index contributed by atoms with van der Waals surface area (Å²) in [6.07, 6.45) is 2.89.